The summed E-state index contributed by atoms with van der Waals surface area (Å²) in [5.41, 5.74) is 1.04. The molecule has 2 aliphatic heterocycles. The zero-order valence-corrected chi connectivity index (χ0v) is 26.6. The van der Waals surface area contributed by atoms with E-state index in [1.807, 2.05) is 25.2 Å². The van der Waals surface area contributed by atoms with Crippen LogP contribution in [0.25, 0.3) is 0 Å². The number of halogens is 1. The van der Waals surface area contributed by atoms with Crippen molar-refractivity contribution < 1.29 is 4.79 Å². The normalized spacial score (nSPS) is 18.0. The van der Waals surface area contributed by atoms with E-state index in [4.69, 9.17) is 16.6 Å². The number of amides is 1. The van der Waals surface area contributed by atoms with Gasteiger partial charge in [0.1, 0.15) is 4.91 Å². The van der Waals surface area contributed by atoms with Crippen LogP contribution in [0.2, 0.25) is 5.02 Å². The van der Waals surface area contributed by atoms with Crippen molar-refractivity contribution in [2.75, 3.05) is 25.0 Å². The van der Waals surface area contributed by atoms with Crippen molar-refractivity contribution in [3.05, 3.63) is 45.8 Å². The fourth-order valence-corrected chi connectivity index (χ4v) is 7.60. The van der Waals surface area contributed by atoms with E-state index in [1.54, 1.807) is 22.7 Å². The molecule has 0 radical (unpaired) electrons. The Bertz CT molecular complexity index is 994. The summed E-state index contributed by atoms with van der Waals surface area (Å²) in [6, 6.07) is 5.87. The third-order valence-electron chi connectivity index (χ3n) is 7.42. The van der Waals surface area contributed by atoms with Gasteiger partial charge in [0.2, 0.25) is 0 Å². The second kappa shape index (κ2) is 18.1. The van der Waals surface area contributed by atoms with Gasteiger partial charge >= 0.3 is 0 Å². The Labute approximate surface area is 251 Å². The van der Waals surface area contributed by atoms with E-state index >= 15 is 0 Å². The highest BCUT2D eigenvalue weighted by atomic mass is 35.5. The van der Waals surface area contributed by atoms with E-state index < -0.39 is 0 Å². The maximum absolute atomic E-state index is 13.3. The Morgan fingerprint density at radius 2 is 1.44 bits per heavy atom. The standard InChI is InChI=1S/C32H48ClN3OS2/c1-4-6-7-8-9-10-11-12-13-14-15-16-17-18-19-20-23-34-32-36(24-5-2)30(37)29(39-32)31-35(3)27-25-26(33)21-22-28(27)38-31/h5,21-22,25H,2,4,6-20,23-24H2,1,3H3/b31-29-,34-32?. The van der Waals surface area contributed by atoms with Gasteiger partial charge in [0.05, 0.1) is 10.7 Å². The van der Waals surface area contributed by atoms with Gasteiger partial charge in [-0.1, -0.05) is 133 Å². The lowest BCUT2D eigenvalue weighted by molar-refractivity contribution is -0.121. The number of amidine groups is 1. The lowest BCUT2D eigenvalue weighted by Crippen LogP contribution is -2.30. The number of fused-ring (bicyclic) bond motifs is 1. The molecule has 0 aromatic heterocycles. The van der Waals surface area contributed by atoms with Crippen molar-refractivity contribution in [1.29, 1.82) is 0 Å². The van der Waals surface area contributed by atoms with Gasteiger partial charge in [-0.3, -0.25) is 14.7 Å². The molecule has 0 aliphatic carbocycles. The molecule has 0 bridgehead atoms. The van der Waals surface area contributed by atoms with Crippen LogP contribution in [0.3, 0.4) is 0 Å². The molecule has 0 spiro atoms. The number of aliphatic imine (C=N–C) groups is 1. The highest BCUT2D eigenvalue weighted by Gasteiger charge is 2.38. The smallest absolute Gasteiger partial charge is 0.269 e. The molecule has 0 N–H and O–H groups in total. The van der Waals surface area contributed by atoms with E-state index in [0.717, 1.165) is 38.7 Å². The van der Waals surface area contributed by atoms with Crippen molar-refractivity contribution in [3.63, 3.8) is 0 Å². The van der Waals surface area contributed by atoms with Crippen LogP contribution in [0.5, 0.6) is 0 Å². The van der Waals surface area contributed by atoms with Crippen LogP contribution in [0.15, 0.2) is 50.7 Å². The Morgan fingerprint density at radius 1 is 0.872 bits per heavy atom. The van der Waals surface area contributed by atoms with Crippen LogP contribution in [-0.2, 0) is 4.79 Å². The lowest BCUT2D eigenvalue weighted by Gasteiger charge is -2.15. The predicted molar refractivity (Wildman–Crippen MR) is 174 cm³/mol. The fraction of sp³-hybridized carbons (Fsp3) is 0.625. The zero-order valence-electron chi connectivity index (χ0n) is 24.2. The van der Waals surface area contributed by atoms with Gasteiger partial charge in [-0.15, -0.1) is 6.58 Å². The summed E-state index contributed by atoms with van der Waals surface area (Å²) >= 11 is 9.33. The predicted octanol–water partition coefficient (Wildman–Crippen LogP) is 10.4. The number of unbranched alkanes of at least 4 members (excludes halogenated alkanes) is 15. The molecule has 1 saturated heterocycles. The molecule has 0 atom stereocenters. The Morgan fingerprint density at radius 3 is 2.00 bits per heavy atom. The molecule has 1 fully saturated rings. The molecular weight excluding hydrogens is 542 g/mol. The largest absolute Gasteiger partial charge is 0.337 e. The van der Waals surface area contributed by atoms with Crippen molar-refractivity contribution in [2.24, 2.45) is 4.99 Å². The first-order valence-corrected chi connectivity index (χ1v) is 17.2. The molecule has 39 heavy (non-hydrogen) atoms. The lowest BCUT2D eigenvalue weighted by atomic mass is 10.0. The number of rotatable bonds is 19. The van der Waals surface area contributed by atoms with Gasteiger partial charge in [0.25, 0.3) is 5.91 Å². The van der Waals surface area contributed by atoms with Gasteiger partial charge < -0.3 is 4.90 Å². The SMILES string of the molecule is C=CCN1C(=O)/C(=C2/Sc3ccc(Cl)cc3N2C)SC1=NCCCCCCCCCCCCCCCCCC. The Balaban J connectivity index is 1.31. The highest BCUT2D eigenvalue weighted by molar-refractivity contribution is 8.19. The van der Waals surface area contributed by atoms with Crippen LogP contribution < -0.4 is 4.90 Å². The van der Waals surface area contributed by atoms with Crippen LogP contribution >= 0.6 is 35.1 Å². The molecule has 7 heteroatoms. The van der Waals surface area contributed by atoms with E-state index in [0.29, 0.717) is 11.6 Å². The maximum atomic E-state index is 13.3. The van der Waals surface area contributed by atoms with Gasteiger partial charge in [-0.25, -0.2) is 0 Å². The summed E-state index contributed by atoms with van der Waals surface area (Å²) in [6.45, 7) is 7.38. The first kappa shape index (κ1) is 32.1. The van der Waals surface area contributed by atoms with Crippen LogP contribution in [-0.4, -0.2) is 36.1 Å². The summed E-state index contributed by atoms with van der Waals surface area (Å²) in [5, 5.41) is 2.45. The minimum Gasteiger partial charge on any atom is -0.337 e. The van der Waals surface area contributed by atoms with Crippen molar-refractivity contribution in [3.8, 4) is 0 Å². The average molecular weight is 590 g/mol. The van der Waals surface area contributed by atoms with Crippen molar-refractivity contribution >= 4 is 51.9 Å². The van der Waals surface area contributed by atoms with Gasteiger partial charge in [-0.2, -0.15) is 0 Å². The van der Waals surface area contributed by atoms with Crippen molar-refractivity contribution in [1.82, 2.24) is 4.90 Å². The molecule has 3 rings (SSSR count). The summed E-state index contributed by atoms with van der Waals surface area (Å²) in [7, 11) is 1.99. The first-order valence-electron chi connectivity index (χ1n) is 15.2. The maximum Gasteiger partial charge on any atom is 0.269 e. The molecule has 216 valence electrons. The fourth-order valence-electron chi connectivity index (χ4n) is 5.10. The summed E-state index contributed by atoms with van der Waals surface area (Å²) in [4.78, 5) is 23.8. The van der Waals surface area contributed by atoms with E-state index in [1.165, 1.54) is 108 Å². The molecule has 0 saturated carbocycles. The number of carbonyl (C=O) groups is 1. The average Bonchev–Trinajstić information content (AvgIpc) is 3.41. The van der Waals surface area contributed by atoms with Gasteiger partial charge in [0.15, 0.2) is 5.17 Å². The quantitative estimate of drug-likeness (QED) is 0.0913. The van der Waals surface area contributed by atoms with Gasteiger partial charge in [-0.05, 0) is 36.4 Å². The monoisotopic (exact) mass is 589 g/mol. The summed E-state index contributed by atoms with van der Waals surface area (Å²) in [6.07, 6.45) is 23.6. The minimum atomic E-state index is 0.0128. The highest BCUT2D eigenvalue weighted by Crippen LogP contribution is 2.50. The Kier molecular flexibility index (Phi) is 15.0. The van der Waals surface area contributed by atoms with Crippen LogP contribution in [0, 0.1) is 0 Å². The topological polar surface area (TPSA) is 35.9 Å². The number of anilines is 1. The second-order valence-corrected chi connectivity index (χ2v) is 13.1. The second-order valence-electron chi connectivity index (χ2n) is 10.7. The Hall–Kier alpha value is -1.37. The molecular formula is C32H48ClN3OS2. The van der Waals surface area contributed by atoms with E-state index in [-0.39, 0.29) is 5.91 Å². The molecule has 2 aliphatic rings. The molecule has 2 heterocycles. The number of carbonyl (C=O) groups excluding carboxylic acids is 1. The summed E-state index contributed by atoms with van der Waals surface area (Å²) in [5.74, 6) is 0.0128. The number of thioether (sulfide) groups is 2. The molecule has 4 nitrogen and oxygen atoms in total. The third-order valence-corrected chi connectivity index (χ3v) is 10.1. The van der Waals surface area contributed by atoms with Crippen molar-refractivity contribution in [2.45, 2.75) is 115 Å². The number of nitrogens with zero attached hydrogens (tertiary/aromatic N) is 3. The summed E-state index contributed by atoms with van der Waals surface area (Å²) < 4.78 is 0. The molecule has 1 amide bonds. The number of benzene rings is 1. The number of hydrogen-bond acceptors (Lipinski definition) is 5. The first-order chi connectivity index (χ1) is 19.1. The van der Waals surface area contributed by atoms with E-state index in [2.05, 4.69) is 18.4 Å². The zero-order chi connectivity index (χ0) is 27.9. The van der Waals surface area contributed by atoms with E-state index in [9.17, 15) is 4.79 Å². The molecule has 0 unspecified atom stereocenters. The molecule has 1 aromatic carbocycles. The van der Waals surface area contributed by atoms with Crippen LogP contribution in [0.4, 0.5) is 5.69 Å². The molecule has 1 aromatic rings. The third kappa shape index (κ3) is 10.2. The minimum absolute atomic E-state index is 0.0128. The van der Waals surface area contributed by atoms with Crippen LogP contribution in [0.1, 0.15) is 110 Å². The van der Waals surface area contributed by atoms with Gasteiger partial charge in [0, 0.05) is 30.1 Å². The number of hydrogen-bond donors (Lipinski definition) is 0.